The highest BCUT2D eigenvalue weighted by Gasteiger charge is 2.06. The molecule has 0 atom stereocenters. The molecule has 0 spiro atoms. The predicted octanol–water partition coefficient (Wildman–Crippen LogP) is 2.68. The fourth-order valence-electron chi connectivity index (χ4n) is 1.69. The van der Waals surface area contributed by atoms with Gasteiger partial charge in [-0.1, -0.05) is 30.3 Å². The lowest BCUT2D eigenvalue weighted by molar-refractivity contribution is -0.118. The van der Waals surface area contributed by atoms with Gasteiger partial charge in [0.2, 0.25) is 5.91 Å². The second-order valence-electron chi connectivity index (χ2n) is 4.33. The maximum atomic E-state index is 10.8. The van der Waals surface area contributed by atoms with Crippen molar-refractivity contribution >= 4 is 28.5 Å². The normalized spacial score (nSPS) is 10.2. The lowest BCUT2D eigenvalue weighted by Crippen LogP contribution is -2.11. The Kier molecular flexibility index (Phi) is 5.34. The number of carbonyl (C=O) groups is 1. The molecule has 4 nitrogen and oxygen atoms in total. The zero-order chi connectivity index (χ0) is 14.4. The van der Waals surface area contributed by atoms with Crippen molar-refractivity contribution in [2.75, 3.05) is 0 Å². The van der Waals surface area contributed by atoms with Gasteiger partial charge < -0.3 is 10.5 Å². The van der Waals surface area contributed by atoms with Crippen LogP contribution < -0.4 is 10.5 Å². The van der Waals surface area contributed by atoms with Gasteiger partial charge in [-0.15, -0.1) is 0 Å². The van der Waals surface area contributed by atoms with Crippen molar-refractivity contribution in [3.8, 4) is 5.75 Å². The van der Waals surface area contributed by atoms with E-state index in [0.717, 1.165) is 20.7 Å². The van der Waals surface area contributed by atoms with Crippen LogP contribution in [0.25, 0.3) is 0 Å². The number of ether oxygens (including phenoxy) is 1. The summed E-state index contributed by atoms with van der Waals surface area (Å²) in [6, 6.07) is 13.7. The van der Waals surface area contributed by atoms with Crippen LogP contribution in [0.15, 0.2) is 42.5 Å². The smallest absolute Gasteiger partial charge is 0.217 e. The number of rotatable bonds is 6. The molecule has 0 radical (unpaired) electrons. The van der Waals surface area contributed by atoms with Crippen molar-refractivity contribution < 1.29 is 9.53 Å². The van der Waals surface area contributed by atoms with Gasteiger partial charge in [-0.05, 0) is 46.7 Å². The van der Waals surface area contributed by atoms with Crippen molar-refractivity contribution in [1.29, 1.82) is 0 Å². The Morgan fingerprint density at radius 3 is 2.60 bits per heavy atom. The molecule has 0 aliphatic heterocycles. The molecule has 1 aromatic heterocycles. The van der Waals surface area contributed by atoms with E-state index < -0.39 is 0 Å². The molecule has 0 saturated carbocycles. The number of pyridine rings is 1. The summed E-state index contributed by atoms with van der Waals surface area (Å²) in [5.74, 6) is 0.434. The van der Waals surface area contributed by atoms with E-state index in [-0.39, 0.29) is 5.91 Å². The number of aromatic nitrogens is 1. The van der Waals surface area contributed by atoms with Gasteiger partial charge in [-0.3, -0.25) is 4.79 Å². The maximum Gasteiger partial charge on any atom is 0.217 e. The number of halogens is 1. The number of hydrogen-bond acceptors (Lipinski definition) is 3. The van der Waals surface area contributed by atoms with Crippen LogP contribution in [-0.4, -0.2) is 10.9 Å². The van der Waals surface area contributed by atoms with Crippen LogP contribution in [0.4, 0.5) is 0 Å². The number of nitrogens with zero attached hydrogens (tertiary/aromatic N) is 1. The number of nitrogens with two attached hydrogens (primary N) is 1. The number of aryl methyl sites for hydroxylation is 1. The largest absolute Gasteiger partial charge is 0.486 e. The number of carbonyl (C=O) groups excluding carboxylic acids is 1. The molecule has 1 amide bonds. The minimum absolute atomic E-state index is 0.313. The van der Waals surface area contributed by atoms with Gasteiger partial charge in [0.15, 0.2) is 5.75 Å². The van der Waals surface area contributed by atoms with Crippen LogP contribution in [0.5, 0.6) is 5.75 Å². The monoisotopic (exact) mass is 382 g/mol. The molecular formula is C15H15IN2O2. The van der Waals surface area contributed by atoms with Crippen LogP contribution in [-0.2, 0) is 17.8 Å². The Hall–Kier alpha value is -1.63. The zero-order valence-electron chi connectivity index (χ0n) is 10.9. The maximum absolute atomic E-state index is 10.8. The van der Waals surface area contributed by atoms with Gasteiger partial charge in [0, 0.05) is 12.1 Å². The summed E-state index contributed by atoms with van der Waals surface area (Å²) in [4.78, 5) is 15.2. The minimum atomic E-state index is -0.314. The average molecular weight is 382 g/mol. The first-order chi connectivity index (χ1) is 9.65. The standard InChI is InChI=1S/C15H15IN2O2/c16-15-13(20-10-11-4-2-1-3-5-11)8-6-12(18-15)7-9-14(17)19/h1-6,8H,7,9-10H2,(H2,17,19). The summed E-state index contributed by atoms with van der Waals surface area (Å²) in [6.07, 6.45) is 0.873. The van der Waals surface area contributed by atoms with Crippen molar-refractivity contribution in [1.82, 2.24) is 4.98 Å². The summed E-state index contributed by atoms with van der Waals surface area (Å²) in [7, 11) is 0. The highest BCUT2D eigenvalue weighted by Crippen LogP contribution is 2.20. The lowest BCUT2D eigenvalue weighted by Gasteiger charge is -2.09. The second-order valence-corrected chi connectivity index (χ2v) is 5.35. The summed E-state index contributed by atoms with van der Waals surface area (Å²) in [5, 5.41) is 0. The first-order valence-corrected chi connectivity index (χ1v) is 7.33. The summed E-state index contributed by atoms with van der Waals surface area (Å²) in [6.45, 7) is 0.513. The third-order valence-corrected chi connectivity index (χ3v) is 3.51. The first-order valence-electron chi connectivity index (χ1n) is 6.25. The minimum Gasteiger partial charge on any atom is -0.486 e. The van der Waals surface area contributed by atoms with E-state index in [1.807, 2.05) is 42.5 Å². The summed E-state index contributed by atoms with van der Waals surface area (Å²) < 4.78 is 6.53. The van der Waals surface area contributed by atoms with Gasteiger partial charge in [-0.2, -0.15) is 0 Å². The third-order valence-electron chi connectivity index (χ3n) is 2.74. The number of amides is 1. The SMILES string of the molecule is NC(=O)CCc1ccc(OCc2ccccc2)c(I)n1. The first kappa shape index (κ1) is 14.8. The number of hydrogen-bond donors (Lipinski definition) is 1. The average Bonchev–Trinajstić information content (AvgIpc) is 2.45. The Morgan fingerprint density at radius 1 is 1.20 bits per heavy atom. The quantitative estimate of drug-likeness (QED) is 0.617. The van der Waals surface area contributed by atoms with Gasteiger partial charge in [-0.25, -0.2) is 4.98 Å². The Balaban J connectivity index is 1.97. The van der Waals surface area contributed by atoms with E-state index in [1.54, 1.807) is 0 Å². The molecule has 0 unspecified atom stereocenters. The predicted molar refractivity (Wildman–Crippen MR) is 85.2 cm³/mol. The Labute approximate surface area is 131 Å². The van der Waals surface area contributed by atoms with Gasteiger partial charge in [0.05, 0.1) is 0 Å². The third kappa shape index (κ3) is 4.48. The fourth-order valence-corrected chi connectivity index (χ4v) is 2.34. The van der Waals surface area contributed by atoms with Crippen LogP contribution in [0.3, 0.4) is 0 Å². The Morgan fingerprint density at radius 2 is 1.95 bits per heavy atom. The topological polar surface area (TPSA) is 65.2 Å². The summed E-state index contributed by atoms with van der Waals surface area (Å²) >= 11 is 2.13. The molecule has 0 aliphatic rings. The van der Waals surface area contributed by atoms with E-state index in [9.17, 15) is 4.79 Å². The van der Waals surface area contributed by atoms with Crippen molar-refractivity contribution in [3.63, 3.8) is 0 Å². The molecule has 2 N–H and O–H groups in total. The molecule has 0 aliphatic carbocycles. The molecule has 0 fully saturated rings. The van der Waals surface area contributed by atoms with Crippen molar-refractivity contribution in [2.24, 2.45) is 5.73 Å². The molecule has 5 heteroatoms. The van der Waals surface area contributed by atoms with E-state index in [1.165, 1.54) is 0 Å². The molecule has 2 aromatic rings. The van der Waals surface area contributed by atoms with Gasteiger partial charge in [0.1, 0.15) is 10.3 Å². The molecule has 104 valence electrons. The summed E-state index contributed by atoms with van der Waals surface area (Å²) in [5.41, 5.74) is 7.09. The van der Waals surface area contributed by atoms with Gasteiger partial charge >= 0.3 is 0 Å². The lowest BCUT2D eigenvalue weighted by atomic mass is 10.2. The molecule has 0 bridgehead atoms. The molecular weight excluding hydrogens is 367 g/mol. The molecule has 0 saturated heterocycles. The Bertz CT molecular complexity index is 588. The van der Waals surface area contributed by atoms with Crippen LogP contribution in [0.1, 0.15) is 17.7 Å². The van der Waals surface area contributed by atoms with Crippen LogP contribution >= 0.6 is 22.6 Å². The van der Waals surface area contributed by atoms with E-state index in [4.69, 9.17) is 10.5 Å². The molecule has 1 aromatic carbocycles. The molecule has 1 heterocycles. The molecule has 20 heavy (non-hydrogen) atoms. The van der Waals surface area contributed by atoms with E-state index in [0.29, 0.717) is 19.4 Å². The second kappa shape index (κ2) is 7.23. The number of primary amides is 1. The highest BCUT2D eigenvalue weighted by molar-refractivity contribution is 14.1. The number of benzene rings is 1. The van der Waals surface area contributed by atoms with E-state index >= 15 is 0 Å². The van der Waals surface area contributed by atoms with E-state index in [2.05, 4.69) is 27.6 Å². The highest BCUT2D eigenvalue weighted by atomic mass is 127. The zero-order valence-corrected chi connectivity index (χ0v) is 13.0. The fraction of sp³-hybridized carbons (Fsp3) is 0.200. The van der Waals surface area contributed by atoms with Gasteiger partial charge in [0.25, 0.3) is 0 Å². The molecule has 2 rings (SSSR count). The van der Waals surface area contributed by atoms with Crippen LogP contribution in [0, 0.1) is 3.70 Å². The van der Waals surface area contributed by atoms with Crippen molar-refractivity contribution in [2.45, 2.75) is 19.4 Å². The van der Waals surface area contributed by atoms with Crippen LogP contribution in [0.2, 0.25) is 0 Å². The van der Waals surface area contributed by atoms with Crippen molar-refractivity contribution in [3.05, 3.63) is 57.4 Å².